The van der Waals surface area contributed by atoms with E-state index in [0.717, 1.165) is 15.9 Å². The zero-order valence-corrected chi connectivity index (χ0v) is 15.5. The van der Waals surface area contributed by atoms with Gasteiger partial charge in [-0.2, -0.15) is 8.78 Å². The van der Waals surface area contributed by atoms with Crippen molar-refractivity contribution in [2.24, 2.45) is 0 Å². The first-order valence-corrected chi connectivity index (χ1v) is 9.09. The minimum atomic E-state index is -2.72. The zero-order valence-electron chi connectivity index (χ0n) is 14.7. The van der Waals surface area contributed by atoms with Crippen molar-refractivity contribution in [3.8, 4) is 0 Å². The maximum absolute atomic E-state index is 13.5. The number of anilines is 1. The van der Waals surface area contributed by atoms with Crippen molar-refractivity contribution in [3.63, 3.8) is 0 Å². The number of rotatable bonds is 6. The fourth-order valence-corrected chi connectivity index (χ4v) is 3.61. The SMILES string of the molecule is CC(=O)Nc1ccc(C(=O)NC[C@H](C)c2nc3ccccc3n2C(F)F)s1. The van der Waals surface area contributed by atoms with Crippen molar-refractivity contribution in [1.29, 1.82) is 0 Å². The Labute approximate surface area is 158 Å². The van der Waals surface area contributed by atoms with E-state index in [-0.39, 0.29) is 24.2 Å². The number of carbonyl (C=O) groups is 2. The second-order valence-electron chi connectivity index (χ2n) is 6.06. The minimum Gasteiger partial charge on any atom is -0.351 e. The van der Waals surface area contributed by atoms with Gasteiger partial charge >= 0.3 is 6.55 Å². The molecule has 2 heterocycles. The molecular weight excluding hydrogens is 374 g/mol. The molecule has 2 amide bonds. The summed E-state index contributed by atoms with van der Waals surface area (Å²) < 4.78 is 27.9. The topological polar surface area (TPSA) is 76.0 Å². The third-order valence-corrected chi connectivity index (χ3v) is 4.96. The Balaban J connectivity index is 1.72. The van der Waals surface area contributed by atoms with Gasteiger partial charge in [0.25, 0.3) is 5.91 Å². The summed E-state index contributed by atoms with van der Waals surface area (Å²) in [5, 5.41) is 5.91. The predicted molar refractivity (Wildman–Crippen MR) is 100 cm³/mol. The second-order valence-corrected chi connectivity index (χ2v) is 7.15. The van der Waals surface area contributed by atoms with E-state index in [1.165, 1.54) is 6.92 Å². The number of hydrogen-bond acceptors (Lipinski definition) is 4. The number of thiophene rings is 1. The quantitative estimate of drug-likeness (QED) is 0.666. The number of fused-ring (bicyclic) bond motifs is 1. The molecule has 0 bridgehead atoms. The summed E-state index contributed by atoms with van der Waals surface area (Å²) in [6, 6.07) is 9.94. The molecule has 142 valence electrons. The molecule has 3 aromatic rings. The number of benzene rings is 1. The molecule has 0 spiro atoms. The van der Waals surface area contributed by atoms with Crippen LogP contribution in [0.3, 0.4) is 0 Å². The molecule has 2 N–H and O–H groups in total. The summed E-state index contributed by atoms with van der Waals surface area (Å²) in [6.07, 6.45) is 0. The van der Waals surface area contributed by atoms with Crippen LogP contribution in [0.5, 0.6) is 0 Å². The van der Waals surface area contributed by atoms with Crippen LogP contribution in [0.1, 0.15) is 41.8 Å². The molecular formula is C18H18F2N4O2S. The number of alkyl halides is 2. The van der Waals surface area contributed by atoms with E-state index < -0.39 is 12.5 Å². The molecule has 0 aliphatic heterocycles. The van der Waals surface area contributed by atoms with Gasteiger partial charge in [-0.05, 0) is 24.3 Å². The molecule has 1 atom stereocenters. The molecule has 27 heavy (non-hydrogen) atoms. The van der Waals surface area contributed by atoms with Gasteiger partial charge in [-0.15, -0.1) is 11.3 Å². The van der Waals surface area contributed by atoms with Gasteiger partial charge in [-0.1, -0.05) is 19.1 Å². The van der Waals surface area contributed by atoms with E-state index in [1.54, 1.807) is 43.3 Å². The maximum Gasteiger partial charge on any atom is 0.320 e. The lowest BCUT2D eigenvalue weighted by molar-refractivity contribution is -0.114. The number of aromatic nitrogens is 2. The Hall–Kier alpha value is -2.81. The molecule has 3 rings (SSSR count). The number of carbonyl (C=O) groups excluding carboxylic acids is 2. The lowest BCUT2D eigenvalue weighted by Gasteiger charge is -2.14. The third kappa shape index (κ3) is 4.13. The van der Waals surface area contributed by atoms with Crippen molar-refractivity contribution in [2.45, 2.75) is 26.3 Å². The van der Waals surface area contributed by atoms with Gasteiger partial charge in [-0.25, -0.2) is 4.98 Å². The highest BCUT2D eigenvalue weighted by molar-refractivity contribution is 7.18. The highest BCUT2D eigenvalue weighted by Crippen LogP contribution is 2.27. The fraction of sp³-hybridized carbons (Fsp3) is 0.278. The van der Waals surface area contributed by atoms with Crippen LogP contribution < -0.4 is 10.6 Å². The summed E-state index contributed by atoms with van der Waals surface area (Å²) in [6.45, 7) is 0.554. The van der Waals surface area contributed by atoms with E-state index in [4.69, 9.17) is 0 Å². The number of nitrogens with zero attached hydrogens (tertiary/aromatic N) is 2. The summed E-state index contributed by atoms with van der Waals surface area (Å²) in [4.78, 5) is 28.1. The average molecular weight is 392 g/mol. The highest BCUT2D eigenvalue weighted by atomic mass is 32.1. The van der Waals surface area contributed by atoms with E-state index in [0.29, 0.717) is 20.9 Å². The van der Waals surface area contributed by atoms with Crippen LogP contribution in [-0.2, 0) is 4.79 Å². The van der Waals surface area contributed by atoms with E-state index in [1.807, 2.05) is 0 Å². The molecule has 0 radical (unpaired) electrons. The number of nitrogens with one attached hydrogen (secondary N) is 2. The molecule has 0 saturated heterocycles. The Morgan fingerprint density at radius 3 is 2.67 bits per heavy atom. The van der Waals surface area contributed by atoms with Crippen LogP contribution in [0.2, 0.25) is 0 Å². The Kier molecular flexibility index (Phi) is 5.50. The van der Waals surface area contributed by atoms with Crippen LogP contribution in [0.25, 0.3) is 11.0 Å². The van der Waals surface area contributed by atoms with Crippen LogP contribution >= 0.6 is 11.3 Å². The van der Waals surface area contributed by atoms with Crippen LogP contribution in [-0.4, -0.2) is 27.9 Å². The van der Waals surface area contributed by atoms with Gasteiger partial charge in [0.1, 0.15) is 5.82 Å². The first-order valence-electron chi connectivity index (χ1n) is 8.27. The summed E-state index contributed by atoms with van der Waals surface area (Å²) in [7, 11) is 0. The van der Waals surface area contributed by atoms with Crippen LogP contribution in [0.15, 0.2) is 36.4 Å². The molecule has 9 heteroatoms. The minimum absolute atomic E-state index is 0.155. The lowest BCUT2D eigenvalue weighted by atomic mass is 10.1. The van der Waals surface area contributed by atoms with Crippen molar-refractivity contribution < 1.29 is 18.4 Å². The first kappa shape index (κ1) is 19.0. The van der Waals surface area contributed by atoms with Gasteiger partial charge in [0.2, 0.25) is 5.91 Å². The fourth-order valence-electron chi connectivity index (χ4n) is 2.74. The molecule has 0 unspecified atom stereocenters. The summed E-state index contributed by atoms with van der Waals surface area (Å²) in [5.41, 5.74) is 0.850. The first-order chi connectivity index (χ1) is 12.9. The normalized spacial score (nSPS) is 12.3. The Morgan fingerprint density at radius 1 is 1.22 bits per heavy atom. The van der Waals surface area contributed by atoms with Crippen molar-refractivity contribution >= 4 is 39.2 Å². The van der Waals surface area contributed by atoms with Crippen molar-refractivity contribution in [1.82, 2.24) is 14.9 Å². The van der Waals surface area contributed by atoms with Gasteiger partial charge in [0, 0.05) is 19.4 Å². The number of hydrogen-bond donors (Lipinski definition) is 2. The smallest absolute Gasteiger partial charge is 0.320 e. The molecule has 0 aliphatic rings. The molecule has 0 fully saturated rings. The molecule has 2 aromatic heterocycles. The standard InChI is InChI=1S/C18H18F2N4O2S/c1-10(9-21-17(26)14-7-8-15(27-14)22-11(2)25)16-23-12-5-3-4-6-13(12)24(16)18(19)20/h3-8,10,18H,9H2,1-2H3,(H,21,26)(H,22,25)/t10-/m0/s1. The van der Waals surface area contributed by atoms with Crippen molar-refractivity contribution in [2.75, 3.05) is 11.9 Å². The van der Waals surface area contributed by atoms with Crippen LogP contribution in [0.4, 0.5) is 13.8 Å². The zero-order chi connectivity index (χ0) is 19.6. The highest BCUT2D eigenvalue weighted by Gasteiger charge is 2.22. The third-order valence-electron chi connectivity index (χ3n) is 3.96. The van der Waals surface area contributed by atoms with Crippen molar-refractivity contribution in [3.05, 3.63) is 47.1 Å². The maximum atomic E-state index is 13.5. The van der Waals surface area contributed by atoms with E-state index in [2.05, 4.69) is 15.6 Å². The molecule has 1 aromatic carbocycles. The van der Waals surface area contributed by atoms with Crippen LogP contribution in [0, 0.1) is 0 Å². The molecule has 0 aliphatic carbocycles. The van der Waals surface area contributed by atoms with E-state index >= 15 is 0 Å². The Morgan fingerprint density at radius 2 is 1.96 bits per heavy atom. The van der Waals surface area contributed by atoms with E-state index in [9.17, 15) is 18.4 Å². The predicted octanol–water partition coefficient (Wildman–Crippen LogP) is 3.98. The average Bonchev–Trinajstić information content (AvgIpc) is 3.23. The number of amides is 2. The summed E-state index contributed by atoms with van der Waals surface area (Å²) >= 11 is 1.14. The lowest BCUT2D eigenvalue weighted by Crippen LogP contribution is -2.28. The number of halogens is 2. The Bertz CT molecular complexity index is 983. The van der Waals surface area contributed by atoms with Gasteiger partial charge in [0.15, 0.2) is 0 Å². The molecule has 0 saturated carbocycles. The number of imidazole rings is 1. The monoisotopic (exact) mass is 392 g/mol. The largest absolute Gasteiger partial charge is 0.351 e. The van der Waals surface area contributed by atoms with Gasteiger partial charge in [0.05, 0.1) is 20.9 Å². The second kappa shape index (κ2) is 7.83. The van der Waals surface area contributed by atoms with Gasteiger partial charge < -0.3 is 10.6 Å². The molecule has 6 nitrogen and oxygen atoms in total. The number of para-hydroxylation sites is 2. The van der Waals surface area contributed by atoms with Gasteiger partial charge in [-0.3, -0.25) is 14.2 Å². The summed E-state index contributed by atoms with van der Waals surface area (Å²) in [5.74, 6) is -0.742.